The molecule has 0 bridgehead atoms. The van der Waals surface area contributed by atoms with Crippen molar-refractivity contribution in [2.75, 3.05) is 44.3 Å². The molecule has 0 aliphatic heterocycles. The van der Waals surface area contributed by atoms with Gasteiger partial charge in [-0.1, -0.05) is 0 Å². The molecule has 0 aliphatic carbocycles. The van der Waals surface area contributed by atoms with Crippen molar-refractivity contribution in [3.8, 4) is 0 Å². The molecule has 0 saturated heterocycles. The van der Waals surface area contributed by atoms with E-state index in [0.29, 0.717) is 13.0 Å². The van der Waals surface area contributed by atoms with Crippen molar-refractivity contribution in [3.63, 3.8) is 0 Å². The van der Waals surface area contributed by atoms with Gasteiger partial charge < -0.3 is 10.2 Å². The van der Waals surface area contributed by atoms with Gasteiger partial charge in [0, 0.05) is 12.6 Å². The van der Waals surface area contributed by atoms with Gasteiger partial charge in [-0.05, 0) is 39.2 Å². The summed E-state index contributed by atoms with van der Waals surface area (Å²) in [7, 11) is -0.0133. The lowest BCUT2D eigenvalue weighted by Gasteiger charge is -2.22. The van der Waals surface area contributed by atoms with Crippen LogP contribution >= 0.6 is 0 Å². The van der Waals surface area contributed by atoms with E-state index in [1.54, 1.807) is 0 Å². The number of halogens is 2. The summed E-state index contributed by atoms with van der Waals surface area (Å²) in [4.78, 5) is 13.8. The number of nitrogens with zero attached hydrogens (tertiary/aromatic N) is 2. The van der Waals surface area contributed by atoms with Gasteiger partial charge in [0.15, 0.2) is 11.6 Å². The van der Waals surface area contributed by atoms with Crippen LogP contribution in [0.15, 0.2) is 18.2 Å². The zero-order chi connectivity index (χ0) is 17.6. The Morgan fingerprint density at radius 1 is 1.22 bits per heavy atom. The van der Waals surface area contributed by atoms with Crippen LogP contribution < -0.4 is 9.62 Å². The molecule has 0 aromatic heterocycles. The third-order valence-electron chi connectivity index (χ3n) is 2.98. The predicted molar refractivity (Wildman–Crippen MR) is 84.7 cm³/mol. The molecule has 0 radical (unpaired) electrons. The third kappa shape index (κ3) is 6.49. The van der Waals surface area contributed by atoms with Crippen molar-refractivity contribution in [2.24, 2.45) is 0 Å². The second-order valence-corrected chi connectivity index (χ2v) is 7.28. The van der Waals surface area contributed by atoms with E-state index in [2.05, 4.69) is 5.32 Å². The highest BCUT2D eigenvalue weighted by atomic mass is 32.2. The topological polar surface area (TPSA) is 69.7 Å². The molecule has 0 fully saturated rings. The van der Waals surface area contributed by atoms with Crippen LogP contribution in [0.2, 0.25) is 0 Å². The van der Waals surface area contributed by atoms with E-state index in [9.17, 15) is 22.0 Å². The van der Waals surface area contributed by atoms with Crippen molar-refractivity contribution in [2.45, 2.75) is 6.42 Å². The van der Waals surface area contributed by atoms with Gasteiger partial charge in [-0.3, -0.25) is 9.10 Å². The third-order valence-corrected chi connectivity index (χ3v) is 4.12. The first-order chi connectivity index (χ1) is 10.6. The fourth-order valence-corrected chi connectivity index (χ4v) is 2.70. The number of rotatable bonds is 8. The average molecular weight is 349 g/mol. The minimum atomic E-state index is -3.81. The number of carbonyl (C=O) groups is 1. The summed E-state index contributed by atoms with van der Waals surface area (Å²) < 4.78 is 50.6. The minimum Gasteiger partial charge on any atom is -0.354 e. The van der Waals surface area contributed by atoms with E-state index in [0.717, 1.165) is 35.3 Å². The summed E-state index contributed by atoms with van der Waals surface area (Å²) in [5.41, 5.74) is -0.102. The number of anilines is 1. The highest BCUT2D eigenvalue weighted by molar-refractivity contribution is 7.92. The first-order valence-electron chi connectivity index (χ1n) is 6.95. The number of benzene rings is 1. The number of carbonyl (C=O) groups excluding carboxylic acids is 1. The number of sulfonamides is 1. The lowest BCUT2D eigenvalue weighted by molar-refractivity contribution is -0.119. The Bertz CT molecular complexity index is 651. The van der Waals surface area contributed by atoms with E-state index in [1.165, 1.54) is 0 Å². The molecule has 23 heavy (non-hydrogen) atoms. The molecule has 0 saturated carbocycles. The normalized spacial score (nSPS) is 11.6. The molecule has 0 aliphatic rings. The number of amides is 1. The quantitative estimate of drug-likeness (QED) is 0.705. The van der Waals surface area contributed by atoms with Crippen LogP contribution in [0.4, 0.5) is 14.5 Å². The number of nitrogens with one attached hydrogen (secondary N) is 1. The van der Waals surface area contributed by atoms with Crippen LogP contribution in [0.3, 0.4) is 0 Å². The molecule has 1 amide bonds. The zero-order valence-electron chi connectivity index (χ0n) is 13.3. The molecule has 1 rings (SSSR count). The minimum absolute atomic E-state index is 0.102. The highest BCUT2D eigenvalue weighted by Crippen LogP contribution is 2.20. The lowest BCUT2D eigenvalue weighted by Crippen LogP contribution is -2.41. The Hall–Kier alpha value is -1.74. The Morgan fingerprint density at radius 3 is 2.39 bits per heavy atom. The van der Waals surface area contributed by atoms with Crippen molar-refractivity contribution >= 4 is 21.6 Å². The molecule has 0 spiro atoms. The van der Waals surface area contributed by atoms with Gasteiger partial charge in [0.05, 0.1) is 11.9 Å². The average Bonchev–Trinajstić information content (AvgIpc) is 2.43. The largest absolute Gasteiger partial charge is 0.354 e. The molecule has 6 nitrogen and oxygen atoms in total. The van der Waals surface area contributed by atoms with E-state index in [1.807, 2.05) is 19.0 Å². The monoisotopic (exact) mass is 349 g/mol. The molecule has 130 valence electrons. The molecule has 9 heteroatoms. The second-order valence-electron chi connectivity index (χ2n) is 5.37. The second kappa shape index (κ2) is 8.21. The van der Waals surface area contributed by atoms with Crippen molar-refractivity contribution in [1.29, 1.82) is 0 Å². The van der Waals surface area contributed by atoms with Crippen LogP contribution in [-0.4, -0.2) is 59.2 Å². The standard InChI is InChI=1S/C14H21F2N3O3S/c1-18(2)8-4-7-17-14(20)10-19(23(3,21)22)11-5-6-12(15)13(16)9-11/h5-6,9H,4,7-8,10H2,1-3H3,(H,17,20). The first kappa shape index (κ1) is 19.3. The fourth-order valence-electron chi connectivity index (χ4n) is 1.85. The van der Waals surface area contributed by atoms with Gasteiger partial charge in [-0.25, -0.2) is 17.2 Å². The van der Waals surface area contributed by atoms with Crippen LogP contribution in [-0.2, 0) is 14.8 Å². The molecule has 1 aromatic rings. The van der Waals surface area contributed by atoms with Gasteiger partial charge in [-0.15, -0.1) is 0 Å². The smallest absolute Gasteiger partial charge is 0.240 e. The molecule has 0 unspecified atom stereocenters. The van der Waals surface area contributed by atoms with Crippen molar-refractivity contribution < 1.29 is 22.0 Å². The summed E-state index contributed by atoms with van der Waals surface area (Å²) >= 11 is 0. The van der Waals surface area contributed by atoms with Crippen LogP contribution in [0.1, 0.15) is 6.42 Å². The van der Waals surface area contributed by atoms with E-state index in [-0.39, 0.29) is 5.69 Å². The molecular weight excluding hydrogens is 328 g/mol. The molecular formula is C14H21F2N3O3S. The number of hydrogen-bond donors (Lipinski definition) is 1. The molecule has 1 aromatic carbocycles. The Labute approximate surface area is 135 Å². The molecule has 0 heterocycles. The van der Waals surface area contributed by atoms with Gasteiger partial charge in [0.1, 0.15) is 6.54 Å². The van der Waals surface area contributed by atoms with Crippen LogP contribution in [0.25, 0.3) is 0 Å². The summed E-state index contributed by atoms with van der Waals surface area (Å²) in [6.07, 6.45) is 1.61. The van der Waals surface area contributed by atoms with Crippen LogP contribution in [0.5, 0.6) is 0 Å². The summed E-state index contributed by atoms with van der Waals surface area (Å²) in [6.45, 7) is 0.678. The maximum Gasteiger partial charge on any atom is 0.240 e. The van der Waals surface area contributed by atoms with E-state index in [4.69, 9.17) is 0 Å². The summed E-state index contributed by atoms with van der Waals surface area (Å²) in [5, 5.41) is 2.60. The van der Waals surface area contributed by atoms with Gasteiger partial charge in [0.25, 0.3) is 0 Å². The SMILES string of the molecule is CN(C)CCCNC(=O)CN(c1ccc(F)c(F)c1)S(C)(=O)=O. The molecule has 0 atom stereocenters. The molecule has 1 N–H and O–H groups in total. The van der Waals surface area contributed by atoms with Gasteiger partial charge >= 0.3 is 0 Å². The number of hydrogen-bond acceptors (Lipinski definition) is 4. The summed E-state index contributed by atoms with van der Waals surface area (Å²) in [6, 6.07) is 2.67. The van der Waals surface area contributed by atoms with Gasteiger partial charge in [-0.2, -0.15) is 0 Å². The van der Waals surface area contributed by atoms with E-state index >= 15 is 0 Å². The predicted octanol–water partition coefficient (Wildman–Crippen LogP) is 0.799. The first-order valence-corrected chi connectivity index (χ1v) is 8.80. The van der Waals surface area contributed by atoms with Crippen LogP contribution in [0, 0.1) is 11.6 Å². The Kier molecular flexibility index (Phi) is 6.89. The Morgan fingerprint density at radius 2 is 1.87 bits per heavy atom. The highest BCUT2D eigenvalue weighted by Gasteiger charge is 2.21. The lowest BCUT2D eigenvalue weighted by atomic mass is 10.3. The van der Waals surface area contributed by atoms with Gasteiger partial charge in [0.2, 0.25) is 15.9 Å². The van der Waals surface area contributed by atoms with Crippen molar-refractivity contribution in [3.05, 3.63) is 29.8 Å². The summed E-state index contributed by atoms with van der Waals surface area (Å²) in [5.74, 6) is -2.78. The maximum absolute atomic E-state index is 13.3. The van der Waals surface area contributed by atoms with E-state index < -0.39 is 34.1 Å². The maximum atomic E-state index is 13.3. The fraction of sp³-hybridized carbons (Fsp3) is 0.500. The van der Waals surface area contributed by atoms with Crippen molar-refractivity contribution in [1.82, 2.24) is 10.2 Å². The Balaban J connectivity index is 2.76. The zero-order valence-corrected chi connectivity index (χ0v) is 14.2.